The van der Waals surface area contributed by atoms with Crippen LogP contribution in [0.25, 0.3) is 0 Å². The number of ether oxygens (including phenoxy) is 2. The minimum absolute atomic E-state index is 0.0108. The number of thiophene rings is 1. The molecule has 0 aliphatic rings. The van der Waals surface area contributed by atoms with E-state index in [9.17, 15) is 9.59 Å². The maximum Gasteiger partial charge on any atom is 0.249 e. The molecule has 0 bridgehead atoms. The molecule has 1 heterocycles. The number of amides is 2. The van der Waals surface area contributed by atoms with Crippen LogP contribution in [0.3, 0.4) is 0 Å². The van der Waals surface area contributed by atoms with E-state index in [1.165, 1.54) is 4.88 Å². The fourth-order valence-electron chi connectivity index (χ4n) is 3.77. The van der Waals surface area contributed by atoms with E-state index in [2.05, 4.69) is 19.1 Å². The second-order valence-corrected chi connectivity index (χ2v) is 9.96. The van der Waals surface area contributed by atoms with Gasteiger partial charge in [0.1, 0.15) is 6.61 Å². The normalized spacial score (nSPS) is 10.8. The average molecular weight is 509 g/mol. The van der Waals surface area contributed by atoms with Crippen molar-refractivity contribution in [2.24, 2.45) is 0 Å². The van der Waals surface area contributed by atoms with Crippen molar-refractivity contribution in [3.8, 4) is 0 Å². The molecule has 192 valence electrons. The highest BCUT2D eigenvalue weighted by Crippen LogP contribution is 2.19. The van der Waals surface area contributed by atoms with Crippen molar-refractivity contribution in [3.05, 3.63) is 93.7 Å². The Balaban J connectivity index is 1.66. The summed E-state index contributed by atoms with van der Waals surface area (Å²) in [6.45, 7) is 6.90. The Hall–Kier alpha value is -3.00. The summed E-state index contributed by atoms with van der Waals surface area (Å²) in [5, 5.41) is 0. The molecule has 0 fully saturated rings. The summed E-state index contributed by atoms with van der Waals surface area (Å²) in [6.07, 6.45) is 0.661. The van der Waals surface area contributed by atoms with Crippen molar-refractivity contribution >= 4 is 23.2 Å². The lowest BCUT2D eigenvalue weighted by Gasteiger charge is -2.28. The quantitative estimate of drug-likeness (QED) is 0.269. The third-order valence-electron chi connectivity index (χ3n) is 5.65. The molecule has 0 spiro atoms. The van der Waals surface area contributed by atoms with Crippen molar-refractivity contribution in [1.82, 2.24) is 9.80 Å². The Labute approximate surface area is 218 Å². The van der Waals surface area contributed by atoms with Gasteiger partial charge in [-0.25, -0.2) is 0 Å². The van der Waals surface area contributed by atoms with E-state index in [1.807, 2.05) is 72.5 Å². The first kappa shape index (κ1) is 27.6. The van der Waals surface area contributed by atoms with Crippen molar-refractivity contribution in [3.63, 3.8) is 0 Å². The number of aryl methyl sites for hydroxylation is 1. The Morgan fingerprint density at radius 3 is 2.14 bits per heavy atom. The molecule has 3 aromatic rings. The molecule has 7 heteroatoms. The third kappa shape index (κ3) is 9.57. The summed E-state index contributed by atoms with van der Waals surface area (Å²) < 4.78 is 11.1. The van der Waals surface area contributed by atoms with Crippen LogP contribution >= 0.6 is 11.3 Å². The van der Waals surface area contributed by atoms with E-state index in [0.29, 0.717) is 45.9 Å². The van der Waals surface area contributed by atoms with Crippen LogP contribution in [0, 0.1) is 6.92 Å². The van der Waals surface area contributed by atoms with Gasteiger partial charge in [-0.2, -0.15) is 0 Å². The largest absolute Gasteiger partial charge is 0.382 e. The summed E-state index contributed by atoms with van der Waals surface area (Å²) in [6, 6.07) is 23.8. The van der Waals surface area contributed by atoms with Crippen LogP contribution in [0.4, 0.5) is 0 Å². The predicted molar refractivity (Wildman–Crippen MR) is 144 cm³/mol. The van der Waals surface area contributed by atoms with Crippen molar-refractivity contribution < 1.29 is 19.1 Å². The van der Waals surface area contributed by atoms with Crippen LogP contribution in [0.2, 0.25) is 0 Å². The summed E-state index contributed by atoms with van der Waals surface area (Å²) in [4.78, 5) is 32.3. The fourth-order valence-corrected chi connectivity index (χ4v) is 4.68. The van der Waals surface area contributed by atoms with Crippen molar-refractivity contribution in [2.75, 3.05) is 32.9 Å². The number of rotatable bonds is 15. The van der Waals surface area contributed by atoms with Crippen molar-refractivity contribution in [2.45, 2.75) is 40.0 Å². The topological polar surface area (TPSA) is 59.1 Å². The lowest BCUT2D eigenvalue weighted by Crippen LogP contribution is -2.44. The molecule has 0 radical (unpaired) electrons. The molecule has 1 aromatic heterocycles. The fraction of sp³-hybridized carbons (Fsp3) is 0.379. The molecule has 0 aliphatic carbocycles. The van der Waals surface area contributed by atoms with E-state index in [0.717, 1.165) is 16.0 Å². The van der Waals surface area contributed by atoms with Gasteiger partial charge >= 0.3 is 0 Å². The number of carbonyl (C=O) groups is 2. The highest BCUT2D eigenvalue weighted by Gasteiger charge is 2.22. The molecule has 3 rings (SSSR count). The number of hydrogen-bond acceptors (Lipinski definition) is 5. The molecular formula is C29H36N2O4S. The molecule has 6 nitrogen and oxygen atoms in total. The van der Waals surface area contributed by atoms with Crippen LogP contribution in [0.15, 0.2) is 72.8 Å². The number of carbonyl (C=O) groups excluding carboxylic acids is 2. The van der Waals surface area contributed by atoms with Crippen LogP contribution < -0.4 is 0 Å². The van der Waals surface area contributed by atoms with Crippen molar-refractivity contribution in [1.29, 1.82) is 0 Å². The molecular weight excluding hydrogens is 472 g/mol. The zero-order chi connectivity index (χ0) is 25.6. The Bertz CT molecular complexity index is 1060. The monoisotopic (exact) mass is 508 g/mol. The maximum atomic E-state index is 13.5. The van der Waals surface area contributed by atoms with Gasteiger partial charge in [-0.15, -0.1) is 11.3 Å². The van der Waals surface area contributed by atoms with Gasteiger partial charge in [-0.3, -0.25) is 9.59 Å². The minimum atomic E-state index is -0.192. The zero-order valence-corrected chi connectivity index (χ0v) is 22.0. The molecule has 0 aliphatic heterocycles. The van der Waals surface area contributed by atoms with E-state index in [-0.39, 0.29) is 25.0 Å². The highest BCUT2D eigenvalue weighted by molar-refractivity contribution is 7.11. The van der Waals surface area contributed by atoms with E-state index in [4.69, 9.17) is 9.47 Å². The smallest absolute Gasteiger partial charge is 0.249 e. The predicted octanol–water partition coefficient (Wildman–Crippen LogP) is 5.06. The molecule has 2 aromatic carbocycles. The van der Waals surface area contributed by atoms with Crippen LogP contribution in [0.5, 0.6) is 0 Å². The van der Waals surface area contributed by atoms with Crippen LogP contribution in [-0.4, -0.2) is 54.5 Å². The molecule has 0 atom stereocenters. The molecule has 0 saturated carbocycles. The molecule has 0 saturated heterocycles. The summed E-state index contributed by atoms with van der Waals surface area (Å²) >= 11 is 1.69. The summed E-state index contributed by atoms with van der Waals surface area (Å²) in [5.41, 5.74) is 2.06. The van der Waals surface area contributed by atoms with Gasteiger partial charge in [-0.1, -0.05) is 60.7 Å². The summed E-state index contributed by atoms with van der Waals surface area (Å²) in [7, 11) is 0. The lowest BCUT2D eigenvalue weighted by molar-refractivity contribution is -0.144. The molecule has 2 amide bonds. The van der Waals surface area contributed by atoms with Gasteiger partial charge in [0.05, 0.1) is 19.7 Å². The molecule has 0 N–H and O–H groups in total. The average Bonchev–Trinajstić information content (AvgIpc) is 3.31. The van der Waals surface area contributed by atoms with Gasteiger partial charge in [0.2, 0.25) is 11.8 Å². The van der Waals surface area contributed by atoms with Crippen LogP contribution in [0.1, 0.15) is 34.2 Å². The second-order valence-electron chi connectivity index (χ2n) is 8.59. The molecule has 36 heavy (non-hydrogen) atoms. The first-order valence-electron chi connectivity index (χ1n) is 12.4. The van der Waals surface area contributed by atoms with Gasteiger partial charge < -0.3 is 19.3 Å². The SMILES string of the molecule is CCOCCCN(CC(=O)N(Cc1ccccc1)Cc1ccc(C)s1)C(=O)COCc1ccccc1. The van der Waals surface area contributed by atoms with E-state index < -0.39 is 0 Å². The molecule has 0 unspecified atom stereocenters. The summed E-state index contributed by atoms with van der Waals surface area (Å²) in [5.74, 6) is -0.278. The number of benzene rings is 2. The van der Waals surface area contributed by atoms with Gasteiger partial charge in [0.25, 0.3) is 0 Å². The minimum Gasteiger partial charge on any atom is -0.382 e. The van der Waals surface area contributed by atoms with Gasteiger partial charge in [0, 0.05) is 36.1 Å². The highest BCUT2D eigenvalue weighted by atomic mass is 32.1. The van der Waals surface area contributed by atoms with Gasteiger partial charge in [-0.05, 0) is 43.5 Å². The Kier molecular flexibility index (Phi) is 11.6. The van der Waals surface area contributed by atoms with Crippen LogP contribution in [-0.2, 0) is 38.8 Å². The Morgan fingerprint density at radius 1 is 0.806 bits per heavy atom. The maximum absolute atomic E-state index is 13.5. The third-order valence-corrected chi connectivity index (χ3v) is 6.63. The van der Waals surface area contributed by atoms with E-state index in [1.54, 1.807) is 16.2 Å². The Morgan fingerprint density at radius 2 is 1.50 bits per heavy atom. The first-order valence-corrected chi connectivity index (χ1v) is 13.2. The zero-order valence-electron chi connectivity index (χ0n) is 21.2. The number of hydrogen-bond donors (Lipinski definition) is 0. The second kappa shape index (κ2) is 15.2. The van der Waals surface area contributed by atoms with Gasteiger partial charge in [0.15, 0.2) is 0 Å². The van der Waals surface area contributed by atoms with E-state index >= 15 is 0 Å². The lowest BCUT2D eigenvalue weighted by atomic mass is 10.2. The first-order chi connectivity index (χ1) is 17.5. The standard InChI is InChI=1S/C29H36N2O4S/c1-3-34-18-10-17-30(29(33)23-35-22-26-13-8-5-9-14-26)21-28(32)31(19-25-11-6-4-7-12-25)20-27-16-15-24(2)36-27/h4-9,11-16H,3,10,17-23H2,1-2H3. The number of nitrogens with zero attached hydrogens (tertiary/aromatic N) is 2.